The molecule has 7 nitrogen and oxygen atoms in total. The summed E-state index contributed by atoms with van der Waals surface area (Å²) in [7, 11) is 1.82. The van der Waals surface area contributed by atoms with Crippen LogP contribution in [0.15, 0.2) is 53.7 Å². The molecule has 0 atom stereocenters. The molecule has 8 heteroatoms. The Labute approximate surface area is 180 Å². The van der Waals surface area contributed by atoms with Gasteiger partial charge >= 0.3 is 0 Å². The zero-order chi connectivity index (χ0) is 21.5. The number of hydrogen-bond acceptors (Lipinski definition) is 5. The predicted molar refractivity (Wildman–Crippen MR) is 119 cm³/mol. The number of benzene rings is 2. The Balaban J connectivity index is 1.51. The van der Waals surface area contributed by atoms with Crippen LogP contribution in [0.3, 0.4) is 0 Å². The molecule has 156 valence electrons. The van der Waals surface area contributed by atoms with Gasteiger partial charge in [0.2, 0.25) is 5.91 Å². The fourth-order valence-corrected chi connectivity index (χ4v) is 3.59. The Kier molecular flexibility index (Phi) is 7.24. The first-order valence-corrected chi connectivity index (χ1v) is 10.7. The topological polar surface area (TPSA) is 88.9 Å². The molecule has 0 spiro atoms. The molecule has 0 unspecified atom stereocenters. The summed E-state index contributed by atoms with van der Waals surface area (Å²) in [5, 5.41) is 14.6. The summed E-state index contributed by atoms with van der Waals surface area (Å²) in [5.74, 6) is 0.576. The minimum absolute atomic E-state index is 0.110. The molecule has 0 radical (unpaired) electrons. The van der Waals surface area contributed by atoms with Crippen molar-refractivity contribution in [1.82, 2.24) is 20.1 Å². The minimum atomic E-state index is -0.154. The molecule has 0 fully saturated rings. The molecular formula is C22H25N5O2S. The van der Waals surface area contributed by atoms with E-state index in [4.69, 9.17) is 0 Å². The summed E-state index contributed by atoms with van der Waals surface area (Å²) in [6.45, 7) is 4.25. The van der Waals surface area contributed by atoms with Gasteiger partial charge in [0.05, 0.1) is 12.3 Å². The number of aryl methyl sites for hydroxylation is 2. The lowest BCUT2D eigenvalue weighted by atomic mass is 10.1. The second-order valence-corrected chi connectivity index (χ2v) is 7.79. The van der Waals surface area contributed by atoms with Crippen molar-refractivity contribution in [2.24, 2.45) is 7.05 Å². The first-order chi connectivity index (χ1) is 14.5. The third kappa shape index (κ3) is 5.48. The van der Waals surface area contributed by atoms with E-state index in [0.29, 0.717) is 16.5 Å². The van der Waals surface area contributed by atoms with Crippen molar-refractivity contribution in [3.8, 4) is 0 Å². The van der Waals surface area contributed by atoms with Crippen LogP contribution in [0.1, 0.15) is 34.2 Å². The maximum Gasteiger partial charge on any atom is 0.251 e. The average Bonchev–Trinajstić information content (AvgIpc) is 3.11. The summed E-state index contributed by atoms with van der Waals surface area (Å²) in [6.07, 6.45) is 0.962. The summed E-state index contributed by atoms with van der Waals surface area (Å²) in [6, 6.07) is 15.2. The number of carbonyl (C=O) groups excluding carboxylic acids is 2. The van der Waals surface area contributed by atoms with E-state index >= 15 is 0 Å². The van der Waals surface area contributed by atoms with E-state index in [9.17, 15) is 9.59 Å². The molecule has 2 aromatic carbocycles. The molecule has 0 saturated carbocycles. The SMILES string of the molecule is CCc1ccc(NC(=O)CSc2nnc(CNC(=O)c3ccccc3C)n2C)cc1. The van der Waals surface area contributed by atoms with Crippen LogP contribution in [0.25, 0.3) is 0 Å². The van der Waals surface area contributed by atoms with Gasteiger partial charge in [-0.25, -0.2) is 0 Å². The lowest BCUT2D eigenvalue weighted by Gasteiger charge is -2.08. The van der Waals surface area contributed by atoms with Crippen LogP contribution in [-0.2, 0) is 24.8 Å². The monoisotopic (exact) mass is 423 g/mol. The number of nitrogens with one attached hydrogen (secondary N) is 2. The Bertz CT molecular complexity index is 1030. The molecule has 30 heavy (non-hydrogen) atoms. The van der Waals surface area contributed by atoms with Crippen molar-refractivity contribution < 1.29 is 9.59 Å². The number of carbonyl (C=O) groups is 2. The molecule has 0 aliphatic carbocycles. The number of amides is 2. The molecule has 0 bridgehead atoms. The quantitative estimate of drug-likeness (QED) is 0.543. The Hall–Kier alpha value is -3.13. The molecule has 3 aromatic rings. The molecule has 1 aromatic heterocycles. The maximum atomic E-state index is 12.4. The zero-order valence-corrected chi connectivity index (χ0v) is 18.1. The Morgan fingerprint density at radius 3 is 2.50 bits per heavy atom. The largest absolute Gasteiger partial charge is 0.345 e. The molecule has 0 aliphatic rings. The first kappa shape index (κ1) is 21.6. The number of anilines is 1. The van der Waals surface area contributed by atoms with Crippen LogP contribution < -0.4 is 10.6 Å². The van der Waals surface area contributed by atoms with Crippen molar-refractivity contribution in [2.75, 3.05) is 11.1 Å². The number of aromatic nitrogens is 3. The summed E-state index contributed by atoms with van der Waals surface area (Å²) >= 11 is 1.30. The van der Waals surface area contributed by atoms with E-state index in [0.717, 1.165) is 17.7 Å². The van der Waals surface area contributed by atoms with E-state index < -0.39 is 0 Å². The van der Waals surface area contributed by atoms with Crippen LogP contribution in [0.4, 0.5) is 5.69 Å². The van der Waals surface area contributed by atoms with Gasteiger partial charge in [-0.1, -0.05) is 49.0 Å². The number of nitrogens with zero attached hydrogens (tertiary/aromatic N) is 3. The number of thioether (sulfide) groups is 1. The van der Waals surface area contributed by atoms with E-state index in [1.165, 1.54) is 17.3 Å². The van der Waals surface area contributed by atoms with Crippen LogP contribution in [-0.4, -0.2) is 32.3 Å². The molecule has 0 saturated heterocycles. The highest BCUT2D eigenvalue weighted by Crippen LogP contribution is 2.17. The normalized spacial score (nSPS) is 10.6. The Morgan fingerprint density at radius 1 is 1.07 bits per heavy atom. The van der Waals surface area contributed by atoms with Gasteiger partial charge in [-0.2, -0.15) is 0 Å². The van der Waals surface area contributed by atoms with Crippen molar-refractivity contribution in [3.63, 3.8) is 0 Å². The third-order valence-electron chi connectivity index (χ3n) is 4.70. The van der Waals surface area contributed by atoms with Crippen LogP contribution in [0.2, 0.25) is 0 Å². The first-order valence-electron chi connectivity index (χ1n) is 9.71. The van der Waals surface area contributed by atoms with Crippen LogP contribution >= 0.6 is 11.8 Å². The predicted octanol–water partition coefficient (Wildman–Crippen LogP) is 3.35. The summed E-state index contributed by atoms with van der Waals surface area (Å²) in [4.78, 5) is 24.6. The molecule has 0 aliphatic heterocycles. The molecule has 3 rings (SSSR count). The van der Waals surface area contributed by atoms with E-state index in [1.54, 1.807) is 10.6 Å². The van der Waals surface area contributed by atoms with Crippen molar-refractivity contribution in [1.29, 1.82) is 0 Å². The fourth-order valence-electron chi connectivity index (χ4n) is 2.86. The number of hydrogen-bond donors (Lipinski definition) is 2. The van der Waals surface area contributed by atoms with Gasteiger partial charge < -0.3 is 15.2 Å². The van der Waals surface area contributed by atoms with Gasteiger partial charge in [0.15, 0.2) is 11.0 Å². The Morgan fingerprint density at radius 2 is 1.80 bits per heavy atom. The van der Waals surface area contributed by atoms with Crippen LogP contribution in [0, 0.1) is 6.92 Å². The minimum Gasteiger partial charge on any atom is -0.345 e. The van der Waals surface area contributed by atoms with E-state index in [2.05, 4.69) is 27.8 Å². The molecular weight excluding hydrogens is 398 g/mol. The standard InChI is InChI=1S/C22H25N5O2S/c1-4-16-9-11-17(12-10-16)24-20(28)14-30-22-26-25-19(27(22)3)13-23-21(29)18-8-6-5-7-15(18)2/h5-12H,4,13-14H2,1-3H3,(H,23,29)(H,24,28). The van der Waals surface area contributed by atoms with Gasteiger partial charge in [0.25, 0.3) is 5.91 Å². The molecule has 2 amide bonds. The summed E-state index contributed by atoms with van der Waals surface area (Å²) in [5.41, 5.74) is 3.55. The third-order valence-corrected chi connectivity index (χ3v) is 5.72. The number of rotatable bonds is 8. The highest BCUT2D eigenvalue weighted by Gasteiger charge is 2.14. The van der Waals surface area contributed by atoms with Crippen molar-refractivity contribution in [2.45, 2.75) is 32.0 Å². The van der Waals surface area contributed by atoms with Gasteiger partial charge in [-0.15, -0.1) is 10.2 Å². The van der Waals surface area contributed by atoms with Crippen molar-refractivity contribution >= 4 is 29.3 Å². The summed E-state index contributed by atoms with van der Waals surface area (Å²) < 4.78 is 1.78. The van der Waals surface area contributed by atoms with Gasteiger partial charge in [0.1, 0.15) is 0 Å². The van der Waals surface area contributed by atoms with Crippen LogP contribution in [0.5, 0.6) is 0 Å². The zero-order valence-electron chi connectivity index (χ0n) is 17.3. The maximum absolute atomic E-state index is 12.4. The highest BCUT2D eigenvalue weighted by atomic mass is 32.2. The average molecular weight is 424 g/mol. The van der Waals surface area contributed by atoms with Gasteiger partial charge in [-0.05, 0) is 42.7 Å². The van der Waals surface area contributed by atoms with Gasteiger partial charge in [-0.3, -0.25) is 9.59 Å². The second-order valence-electron chi connectivity index (χ2n) is 6.84. The molecule has 2 N–H and O–H groups in total. The van der Waals surface area contributed by atoms with Gasteiger partial charge in [0, 0.05) is 18.3 Å². The van der Waals surface area contributed by atoms with Crippen molar-refractivity contribution in [3.05, 3.63) is 71.0 Å². The molecule has 1 heterocycles. The fraction of sp³-hybridized carbons (Fsp3) is 0.273. The smallest absolute Gasteiger partial charge is 0.251 e. The second kappa shape index (κ2) is 10.1. The lowest BCUT2D eigenvalue weighted by molar-refractivity contribution is -0.113. The highest BCUT2D eigenvalue weighted by molar-refractivity contribution is 7.99. The lowest BCUT2D eigenvalue weighted by Crippen LogP contribution is -2.25. The van der Waals surface area contributed by atoms with E-state index in [1.807, 2.05) is 56.4 Å². The van der Waals surface area contributed by atoms with E-state index in [-0.39, 0.29) is 24.1 Å².